The van der Waals surface area contributed by atoms with Crippen molar-refractivity contribution in [3.63, 3.8) is 0 Å². The molecule has 0 aromatic heterocycles. The number of para-hydroxylation sites is 1. The van der Waals surface area contributed by atoms with Crippen molar-refractivity contribution in [2.75, 3.05) is 24.8 Å². The van der Waals surface area contributed by atoms with Crippen LogP contribution < -0.4 is 19.1 Å². The van der Waals surface area contributed by atoms with Gasteiger partial charge in [0.1, 0.15) is 0 Å². The Morgan fingerprint density at radius 2 is 1.89 bits per heavy atom. The molecule has 144 valence electrons. The van der Waals surface area contributed by atoms with Crippen molar-refractivity contribution in [2.24, 2.45) is 0 Å². The van der Waals surface area contributed by atoms with Gasteiger partial charge < -0.3 is 14.4 Å². The fourth-order valence-corrected chi connectivity index (χ4v) is 3.98. The van der Waals surface area contributed by atoms with E-state index in [-0.39, 0.29) is 30.7 Å². The molecule has 1 N–H and O–H groups in total. The van der Waals surface area contributed by atoms with E-state index in [9.17, 15) is 13.2 Å². The number of ether oxygens (including phenoxy) is 2. The topological polar surface area (TPSA) is 84.9 Å². The maximum atomic E-state index is 12.5. The highest BCUT2D eigenvalue weighted by molar-refractivity contribution is 7.89. The summed E-state index contributed by atoms with van der Waals surface area (Å²) in [5.41, 5.74) is 1.83. The number of aryl methyl sites for hydroxylation is 1. The van der Waals surface area contributed by atoms with Gasteiger partial charge in [-0.15, -0.1) is 0 Å². The van der Waals surface area contributed by atoms with E-state index in [4.69, 9.17) is 9.47 Å². The monoisotopic (exact) mass is 390 g/mol. The first-order valence-electron chi connectivity index (χ1n) is 8.67. The molecule has 27 heavy (non-hydrogen) atoms. The fraction of sp³-hybridized carbons (Fsp3) is 0.316. The summed E-state index contributed by atoms with van der Waals surface area (Å²) in [4.78, 5) is 13.8. The minimum atomic E-state index is -3.72. The molecular weight excluding hydrogens is 368 g/mol. The van der Waals surface area contributed by atoms with Gasteiger partial charge in [0, 0.05) is 31.8 Å². The average Bonchev–Trinajstić information content (AvgIpc) is 3.13. The van der Waals surface area contributed by atoms with Crippen LogP contribution in [-0.2, 0) is 21.2 Å². The minimum Gasteiger partial charge on any atom is -0.454 e. The maximum absolute atomic E-state index is 12.5. The Hall–Kier alpha value is -2.58. The van der Waals surface area contributed by atoms with E-state index < -0.39 is 10.0 Å². The van der Waals surface area contributed by atoms with Crippen molar-refractivity contribution in [3.05, 3.63) is 48.0 Å². The number of fused-ring (bicyclic) bond motifs is 1. The molecule has 0 radical (unpaired) electrons. The quantitative estimate of drug-likeness (QED) is 0.784. The second-order valence-electron chi connectivity index (χ2n) is 6.07. The normalized spacial score (nSPS) is 12.8. The Labute approximate surface area is 158 Å². The molecule has 1 heterocycles. The first-order valence-corrected chi connectivity index (χ1v) is 10.2. The van der Waals surface area contributed by atoms with Gasteiger partial charge in [-0.1, -0.05) is 25.1 Å². The van der Waals surface area contributed by atoms with Gasteiger partial charge in [-0.25, -0.2) is 13.1 Å². The van der Waals surface area contributed by atoms with Gasteiger partial charge in [-0.05, 0) is 30.2 Å². The van der Waals surface area contributed by atoms with E-state index in [1.807, 2.05) is 31.2 Å². The van der Waals surface area contributed by atoms with Gasteiger partial charge in [0.25, 0.3) is 0 Å². The number of anilines is 1. The molecule has 1 aliphatic heterocycles. The Balaban J connectivity index is 1.70. The Morgan fingerprint density at radius 1 is 1.15 bits per heavy atom. The molecule has 0 spiro atoms. The van der Waals surface area contributed by atoms with Crippen molar-refractivity contribution in [2.45, 2.75) is 25.2 Å². The lowest BCUT2D eigenvalue weighted by atomic mass is 10.1. The molecule has 3 rings (SSSR count). The molecule has 0 unspecified atom stereocenters. The van der Waals surface area contributed by atoms with Crippen LogP contribution in [0.15, 0.2) is 47.4 Å². The van der Waals surface area contributed by atoms with E-state index in [0.717, 1.165) is 17.7 Å². The van der Waals surface area contributed by atoms with E-state index in [0.29, 0.717) is 11.5 Å². The van der Waals surface area contributed by atoms with Crippen molar-refractivity contribution in [1.29, 1.82) is 0 Å². The van der Waals surface area contributed by atoms with Gasteiger partial charge >= 0.3 is 0 Å². The number of rotatable bonds is 7. The molecule has 7 nitrogen and oxygen atoms in total. The van der Waals surface area contributed by atoms with Crippen molar-refractivity contribution < 1.29 is 22.7 Å². The van der Waals surface area contributed by atoms with E-state index in [1.165, 1.54) is 19.1 Å². The van der Waals surface area contributed by atoms with Crippen LogP contribution in [-0.4, -0.2) is 34.2 Å². The van der Waals surface area contributed by atoms with Crippen molar-refractivity contribution >= 4 is 21.6 Å². The molecule has 2 aromatic carbocycles. The highest BCUT2D eigenvalue weighted by atomic mass is 32.2. The summed E-state index contributed by atoms with van der Waals surface area (Å²) in [6.45, 7) is 3.89. The molecule has 8 heteroatoms. The number of nitrogens with zero attached hydrogens (tertiary/aromatic N) is 1. The zero-order valence-electron chi connectivity index (χ0n) is 15.3. The minimum absolute atomic E-state index is 0.0800. The fourth-order valence-electron chi connectivity index (χ4n) is 2.94. The smallest absolute Gasteiger partial charge is 0.240 e. The molecular formula is C19H22N2O5S. The third-order valence-corrected chi connectivity index (χ3v) is 5.78. The molecule has 0 fully saturated rings. The lowest BCUT2D eigenvalue weighted by Crippen LogP contribution is -2.38. The molecule has 0 bridgehead atoms. The number of hydrogen-bond donors (Lipinski definition) is 1. The summed E-state index contributed by atoms with van der Waals surface area (Å²) in [6, 6.07) is 12.1. The third-order valence-electron chi connectivity index (χ3n) is 4.33. The van der Waals surface area contributed by atoms with Gasteiger partial charge in [0.05, 0.1) is 4.90 Å². The molecule has 0 aliphatic carbocycles. The number of nitrogens with one attached hydrogen (secondary N) is 1. The second-order valence-corrected chi connectivity index (χ2v) is 7.83. The summed E-state index contributed by atoms with van der Waals surface area (Å²) in [5.74, 6) is 0.783. The number of amides is 1. The number of carbonyl (C=O) groups excluding carboxylic acids is 1. The van der Waals surface area contributed by atoms with Gasteiger partial charge in [0.15, 0.2) is 11.5 Å². The Kier molecular flexibility index (Phi) is 5.67. The van der Waals surface area contributed by atoms with Crippen LogP contribution in [0.3, 0.4) is 0 Å². The van der Waals surface area contributed by atoms with Crippen LogP contribution in [0.5, 0.6) is 11.5 Å². The summed E-state index contributed by atoms with van der Waals surface area (Å²) in [7, 11) is -3.72. The first-order chi connectivity index (χ1) is 12.9. The largest absolute Gasteiger partial charge is 0.454 e. The maximum Gasteiger partial charge on any atom is 0.240 e. The number of sulfonamides is 1. The van der Waals surface area contributed by atoms with Crippen LogP contribution in [0.4, 0.5) is 5.69 Å². The SMILES string of the molecule is CCc1ccccc1N(CCNS(=O)(=O)c1ccc2c(c1)OCO2)C(C)=O. The summed E-state index contributed by atoms with van der Waals surface area (Å²) < 4.78 is 38.0. The summed E-state index contributed by atoms with van der Waals surface area (Å²) in [6.07, 6.45) is 0.781. The lowest BCUT2D eigenvalue weighted by molar-refractivity contribution is -0.116. The molecule has 2 aromatic rings. The number of benzene rings is 2. The molecule has 0 atom stereocenters. The molecule has 0 saturated carbocycles. The second kappa shape index (κ2) is 7.98. The van der Waals surface area contributed by atoms with E-state index in [2.05, 4.69) is 4.72 Å². The van der Waals surface area contributed by atoms with E-state index in [1.54, 1.807) is 11.0 Å². The number of hydrogen-bond acceptors (Lipinski definition) is 5. The van der Waals surface area contributed by atoms with Crippen LogP contribution in [0.25, 0.3) is 0 Å². The Morgan fingerprint density at radius 3 is 2.63 bits per heavy atom. The van der Waals surface area contributed by atoms with Crippen LogP contribution in [0.2, 0.25) is 0 Å². The van der Waals surface area contributed by atoms with Gasteiger partial charge in [-0.2, -0.15) is 0 Å². The van der Waals surface area contributed by atoms with E-state index >= 15 is 0 Å². The first kappa shape index (κ1) is 19.2. The predicted molar refractivity (Wildman–Crippen MR) is 102 cm³/mol. The molecule has 1 aliphatic rings. The zero-order valence-corrected chi connectivity index (χ0v) is 16.1. The Bertz CT molecular complexity index is 943. The number of carbonyl (C=O) groups is 1. The van der Waals surface area contributed by atoms with Crippen molar-refractivity contribution in [3.8, 4) is 11.5 Å². The van der Waals surface area contributed by atoms with Crippen LogP contribution in [0, 0.1) is 0 Å². The third kappa shape index (κ3) is 4.23. The molecule has 0 saturated heterocycles. The zero-order chi connectivity index (χ0) is 19.4. The van der Waals surface area contributed by atoms with Crippen LogP contribution >= 0.6 is 0 Å². The standard InChI is InChI=1S/C19H22N2O5S/c1-3-15-6-4-5-7-17(15)21(14(2)22)11-10-20-27(23,24)16-8-9-18-19(12-16)26-13-25-18/h4-9,12,20H,3,10-11,13H2,1-2H3. The highest BCUT2D eigenvalue weighted by Gasteiger charge is 2.21. The lowest BCUT2D eigenvalue weighted by Gasteiger charge is -2.24. The summed E-state index contributed by atoms with van der Waals surface area (Å²) in [5, 5.41) is 0. The van der Waals surface area contributed by atoms with Gasteiger partial charge in [-0.3, -0.25) is 4.79 Å². The predicted octanol–water partition coefficient (Wildman–Crippen LogP) is 2.31. The average molecular weight is 390 g/mol. The van der Waals surface area contributed by atoms with Crippen LogP contribution in [0.1, 0.15) is 19.4 Å². The highest BCUT2D eigenvalue weighted by Crippen LogP contribution is 2.33. The summed E-state index contributed by atoms with van der Waals surface area (Å²) >= 11 is 0. The van der Waals surface area contributed by atoms with Crippen molar-refractivity contribution in [1.82, 2.24) is 4.72 Å². The van der Waals surface area contributed by atoms with Gasteiger partial charge in [0.2, 0.25) is 22.7 Å². The molecule has 1 amide bonds.